The van der Waals surface area contributed by atoms with Crippen molar-refractivity contribution in [3.63, 3.8) is 0 Å². The summed E-state index contributed by atoms with van der Waals surface area (Å²) < 4.78 is 0. The zero-order valence-corrected chi connectivity index (χ0v) is 13.3. The molecule has 0 aliphatic carbocycles. The molecule has 2 N–H and O–H groups in total. The second-order valence-electron chi connectivity index (χ2n) is 6.80. The Hall–Kier alpha value is -1.10. The summed E-state index contributed by atoms with van der Waals surface area (Å²) in [5.41, 5.74) is -0.841. The quantitative estimate of drug-likeness (QED) is 0.808. The van der Waals surface area contributed by atoms with Gasteiger partial charge in [-0.15, -0.1) is 0 Å². The van der Waals surface area contributed by atoms with Gasteiger partial charge in [0.2, 0.25) is 5.91 Å². The van der Waals surface area contributed by atoms with Crippen LogP contribution in [0.3, 0.4) is 0 Å². The van der Waals surface area contributed by atoms with E-state index in [2.05, 4.69) is 10.2 Å². The number of aliphatic carboxylic acids is 1. The lowest BCUT2D eigenvalue weighted by molar-refractivity contribution is -0.151. The van der Waals surface area contributed by atoms with Crippen LogP contribution in [-0.2, 0) is 9.59 Å². The van der Waals surface area contributed by atoms with Gasteiger partial charge in [-0.2, -0.15) is 0 Å². The molecule has 5 nitrogen and oxygen atoms in total. The SMILES string of the molecule is CCC(C)(C)NC(=O)C(C)N1CCC(C)(C(=O)O)CC1. The number of hydrogen-bond donors (Lipinski definition) is 2. The molecule has 0 aromatic carbocycles. The molecule has 0 radical (unpaired) electrons. The van der Waals surface area contributed by atoms with Gasteiger partial charge in [0.1, 0.15) is 0 Å². The summed E-state index contributed by atoms with van der Waals surface area (Å²) in [6, 6.07) is -0.209. The minimum Gasteiger partial charge on any atom is -0.481 e. The predicted octanol–water partition coefficient (Wildman–Crippen LogP) is 1.87. The van der Waals surface area contributed by atoms with E-state index in [0.29, 0.717) is 25.9 Å². The molecule has 1 aliphatic heterocycles. The van der Waals surface area contributed by atoms with E-state index in [-0.39, 0.29) is 17.5 Å². The van der Waals surface area contributed by atoms with Crippen molar-refractivity contribution in [2.24, 2.45) is 5.41 Å². The molecule has 116 valence electrons. The molecule has 1 aliphatic rings. The highest BCUT2D eigenvalue weighted by molar-refractivity contribution is 5.82. The minimum absolute atomic E-state index is 0.0239. The summed E-state index contributed by atoms with van der Waals surface area (Å²) in [5.74, 6) is -0.711. The van der Waals surface area contributed by atoms with Gasteiger partial charge in [0.05, 0.1) is 11.5 Å². The number of rotatable bonds is 5. The van der Waals surface area contributed by atoms with Gasteiger partial charge in [0, 0.05) is 5.54 Å². The number of hydrogen-bond acceptors (Lipinski definition) is 3. The third-order valence-electron chi connectivity index (χ3n) is 4.69. The lowest BCUT2D eigenvalue weighted by Gasteiger charge is -2.39. The van der Waals surface area contributed by atoms with Crippen LogP contribution in [0.25, 0.3) is 0 Å². The summed E-state index contributed by atoms with van der Waals surface area (Å²) in [6.45, 7) is 11.1. The molecular formula is C15H28N2O3. The highest BCUT2D eigenvalue weighted by Gasteiger charge is 2.39. The van der Waals surface area contributed by atoms with Crippen molar-refractivity contribution in [1.29, 1.82) is 0 Å². The standard InChI is InChI=1S/C15H28N2O3/c1-6-14(3,4)16-12(18)11(2)17-9-7-15(5,8-10-17)13(19)20/h11H,6-10H2,1-5H3,(H,16,18)(H,19,20). The third kappa shape index (κ3) is 3.95. The first kappa shape index (κ1) is 17.0. The number of amides is 1. The van der Waals surface area contributed by atoms with Crippen LogP contribution in [0, 0.1) is 5.41 Å². The summed E-state index contributed by atoms with van der Waals surface area (Å²) >= 11 is 0. The van der Waals surface area contributed by atoms with Crippen molar-refractivity contribution in [3.8, 4) is 0 Å². The zero-order valence-electron chi connectivity index (χ0n) is 13.3. The van der Waals surface area contributed by atoms with Crippen LogP contribution < -0.4 is 5.32 Å². The second kappa shape index (κ2) is 6.12. The first-order valence-corrected chi connectivity index (χ1v) is 7.41. The zero-order chi connectivity index (χ0) is 15.6. The highest BCUT2D eigenvalue weighted by atomic mass is 16.4. The fourth-order valence-corrected chi connectivity index (χ4v) is 2.31. The Bertz CT molecular complexity index is 371. The Kier molecular flexibility index (Phi) is 5.19. The van der Waals surface area contributed by atoms with Crippen LogP contribution in [0.4, 0.5) is 0 Å². The molecule has 20 heavy (non-hydrogen) atoms. The molecule has 1 amide bonds. The van der Waals surface area contributed by atoms with E-state index in [1.54, 1.807) is 6.92 Å². The maximum absolute atomic E-state index is 12.2. The lowest BCUT2D eigenvalue weighted by atomic mass is 9.80. The van der Waals surface area contributed by atoms with Gasteiger partial charge in [0.25, 0.3) is 0 Å². The average molecular weight is 284 g/mol. The van der Waals surface area contributed by atoms with Crippen LogP contribution >= 0.6 is 0 Å². The first-order valence-electron chi connectivity index (χ1n) is 7.41. The number of likely N-dealkylation sites (tertiary alicyclic amines) is 1. The van der Waals surface area contributed by atoms with Crippen molar-refractivity contribution in [1.82, 2.24) is 10.2 Å². The van der Waals surface area contributed by atoms with Crippen LogP contribution in [0.5, 0.6) is 0 Å². The molecule has 5 heteroatoms. The van der Waals surface area contributed by atoms with E-state index < -0.39 is 11.4 Å². The molecular weight excluding hydrogens is 256 g/mol. The van der Waals surface area contributed by atoms with E-state index in [1.165, 1.54) is 0 Å². The van der Waals surface area contributed by atoms with Crippen molar-refractivity contribution in [2.75, 3.05) is 13.1 Å². The minimum atomic E-state index is -0.735. The Morgan fingerprint density at radius 3 is 2.25 bits per heavy atom. The topological polar surface area (TPSA) is 69.6 Å². The largest absolute Gasteiger partial charge is 0.481 e. The van der Waals surface area contributed by atoms with Crippen molar-refractivity contribution in [2.45, 2.75) is 65.5 Å². The van der Waals surface area contributed by atoms with Crippen LogP contribution in [0.1, 0.15) is 53.9 Å². The van der Waals surface area contributed by atoms with E-state index in [4.69, 9.17) is 0 Å². The average Bonchev–Trinajstić information content (AvgIpc) is 2.38. The fraction of sp³-hybridized carbons (Fsp3) is 0.867. The fourth-order valence-electron chi connectivity index (χ4n) is 2.31. The number of carboxylic acids is 1. The number of nitrogens with zero attached hydrogens (tertiary/aromatic N) is 1. The second-order valence-corrected chi connectivity index (χ2v) is 6.80. The molecule has 0 aromatic heterocycles. The summed E-state index contributed by atoms with van der Waals surface area (Å²) in [7, 11) is 0. The number of carbonyl (C=O) groups excluding carboxylic acids is 1. The monoisotopic (exact) mass is 284 g/mol. The van der Waals surface area contributed by atoms with Gasteiger partial charge >= 0.3 is 5.97 Å². The molecule has 0 spiro atoms. The smallest absolute Gasteiger partial charge is 0.309 e. The van der Waals surface area contributed by atoms with Crippen molar-refractivity contribution < 1.29 is 14.7 Å². The van der Waals surface area contributed by atoms with Gasteiger partial charge in [0.15, 0.2) is 0 Å². The Morgan fingerprint density at radius 2 is 1.85 bits per heavy atom. The Morgan fingerprint density at radius 1 is 1.35 bits per heavy atom. The van der Waals surface area contributed by atoms with Crippen LogP contribution in [-0.4, -0.2) is 46.6 Å². The third-order valence-corrected chi connectivity index (χ3v) is 4.69. The van der Waals surface area contributed by atoms with Crippen LogP contribution in [0.2, 0.25) is 0 Å². The van der Waals surface area contributed by atoms with E-state index >= 15 is 0 Å². The van der Waals surface area contributed by atoms with E-state index in [9.17, 15) is 14.7 Å². The number of piperidine rings is 1. The molecule has 1 fully saturated rings. The van der Waals surface area contributed by atoms with Crippen molar-refractivity contribution in [3.05, 3.63) is 0 Å². The van der Waals surface area contributed by atoms with Gasteiger partial charge in [-0.3, -0.25) is 14.5 Å². The lowest BCUT2D eigenvalue weighted by Crippen LogP contribution is -2.54. The predicted molar refractivity (Wildman–Crippen MR) is 78.5 cm³/mol. The number of nitrogens with one attached hydrogen (secondary N) is 1. The molecule has 1 heterocycles. The van der Waals surface area contributed by atoms with Gasteiger partial charge in [-0.25, -0.2) is 0 Å². The highest BCUT2D eigenvalue weighted by Crippen LogP contribution is 2.31. The molecule has 1 unspecified atom stereocenters. The van der Waals surface area contributed by atoms with Gasteiger partial charge in [-0.1, -0.05) is 6.92 Å². The maximum atomic E-state index is 12.2. The number of carboxylic acid groups (broad SMARTS) is 1. The van der Waals surface area contributed by atoms with E-state index in [1.807, 2.05) is 27.7 Å². The molecule has 0 saturated carbocycles. The van der Waals surface area contributed by atoms with Gasteiger partial charge < -0.3 is 10.4 Å². The molecule has 1 saturated heterocycles. The summed E-state index contributed by atoms with van der Waals surface area (Å²) in [6.07, 6.45) is 2.07. The summed E-state index contributed by atoms with van der Waals surface area (Å²) in [5, 5.41) is 12.3. The molecule has 0 bridgehead atoms. The van der Waals surface area contributed by atoms with Gasteiger partial charge in [-0.05, 0) is 60.0 Å². The Balaban J connectivity index is 2.57. The van der Waals surface area contributed by atoms with E-state index in [0.717, 1.165) is 6.42 Å². The van der Waals surface area contributed by atoms with Crippen LogP contribution in [0.15, 0.2) is 0 Å². The molecule has 0 aromatic rings. The Labute approximate surface area is 121 Å². The van der Waals surface area contributed by atoms with Crippen molar-refractivity contribution >= 4 is 11.9 Å². The maximum Gasteiger partial charge on any atom is 0.309 e. The molecule has 1 rings (SSSR count). The normalized spacial score (nSPS) is 21.2. The number of carbonyl (C=O) groups is 2. The first-order chi connectivity index (χ1) is 9.11. The molecule has 1 atom stereocenters. The summed E-state index contributed by atoms with van der Waals surface area (Å²) in [4.78, 5) is 25.5.